The van der Waals surface area contributed by atoms with Gasteiger partial charge in [-0.05, 0) is 44.0 Å². The van der Waals surface area contributed by atoms with Gasteiger partial charge in [0.25, 0.3) is 0 Å². The van der Waals surface area contributed by atoms with Crippen LogP contribution in [0.15, 0.2) is 18.5 Å². The smallest absolute Gasteiger partial charge is 0.0906 e. The van der Waals surface area contributed by atoms with Gasteiger partial charge in [-0.3, -0.25) is 9.37 Å². The van der Waals surface area contributed by atoms with Crippen LogP contribution in [0.5, 0.6) is 0 Å². The summed E-state index contributed by atoms with van der Waals surface area (Å²) in [5, 5.41) is 3.26. The van der Waals surface area contributed by atoms with Gasteiger partial charge in [-0.15, -0.1) is 0 Å². The number of hydrogen-bond acceptors (Lipinski definition) is 2. The summed E-state index contributed by atoms with van der Waals surface area (Å²) < 4.78 is 11.9. The molecule has 1 unspecified atom stereocenters. The Balaban J connectivity index is 2.51. The number of pyridine rings is 1. The zero-order valence-corrected chi connectivity index (χ0v) is 8.76. The lowest BCUT2D eigenvalue weighted by Crippen LogP contribution is -2.21. The van der Waals surface area contributed by atoms with Crippen molar-refractivity contribution in [2.24, 2.45) is 0 Å². The Morgan fingerprint density at radius 3 is 3.00 bits per heavy atom. The Hall–Kier alpha value is -0.960. The van der Waals surface area contributed by atoms with Gasteiger partial charge < -0.3 is 5.32 Å². The lowest BCUT2D eigenvalue weighted by molar-refractivity contribution is 0.445. The van der Waals surface area contributed by atoms with Crippen molar-refractivity contribution in [3.63, 3.8) is 0 Å². The normalized spacial score (nSPS) is 12.8. The van der Waals surface area contributed by atoms with Crippen molar-refractivity contribution in [3.05, 3.63) is 29.6 Å². The van der Waals surface area contributed by atoms with E-state index in [1.807, 2.05) is 12.3 Å². The molecule has 1 aromatic rings. The van der Waals surface area contributed by atoms with Crippen molar-refractivity contribution in [1.29, 1.82) is 0 Å². The first-order valence-corrected chi connectivity index (χ1v) is 4.95. The minimum atomic E-state index is -0.258. The van der Waals surface area contributed by atoms with Crippen LogP contribution in [0.4, 0.5) is 4.39 Å². The van der Waals surface area contributed by atoms with E-state index in [0.717, 1.165) is 0 Å². The Kier molecular flexibility index (Phi) is 4.53. The van der Waals surface area contributed by atoms with E-state index in [1.165, 1.54) is 11.1 Å². The molecule has 0 aliphatic carbocycles. The third kappa shape index (κ3) is 3.07. The van der Waals surface area contributed by atoms with Crippen molar-refractivity contribution >= 4 is 0 Å². The van der Waals surface area contributed by atoms with Crippen LogP contribution >= 0.6 is 0 Å². The molecule has 0 amide bonds. The Bertz CT molecular complexity index is 276. The molecule has 1 rings (SSSR count). The molecule has 0 aromatic carbocycles. The van der Waals surface area contributed by atoms with Crippen LogP contribution in [0.3, 0.4) is 0 Å². The fourth-order valence-corrected chi connectivity index (χ4v) is 1.42. The molecule has 2 nitrogen and oxygen atoms in total. The highest BCUT2D eigenvalue weighted by Crippen LogP contribution is 2.14. The summed E-state index contributed by atoms with van der Waals surface area (Å²) in [5.74, 6) is 0. The average Bonchev–Trinajstić information content (AvgIpc) is 2.18. The highest BCUT2D eigenvalue weighted by atomic mass is 19.1. The average molecular weight is 196 g/mol. The van der Waals surface area contributed by atoms with Crippen LogP contribution < -0.4 is 5.32 Å². The molecule has 0 spiro atoms. The molecule has 78 valence electrons. The van der Waals surface area contributed by atoms with Crippen LogP contribution in [-0.4, -0.2) is 18.2 Å². The zero-order valence-electron chi connectivity index (χ0n) is 8.76. The van der Waals surface area contributed by atoms with E-state index in [4.69, 9.17) is 0 Å². The van der Waals surface area contributed by atoms with E-state index < -0.39 is 0 Å². The lowest BCUT2D eigenvalue weighted by Gasteiger charge is -2.15. The van der Waals surface area contributed by atoms with Crippen molar-refractivity contribution in [2.45, 2.75) is 26.3 Å². The van der Waals surface area contributed by atoms with Crippen LogP contribution in [0, 0.1) is 6.92 Å². The quantitative estimate of drug-likeness (QED) is 0.731. The molecule has 14 heavy (non-hydrogen) atoms. The SMILES string of the molecule is Cc1ccncc1C(C)NCCCF. The summed E-state index contributed by atoms with van der Waals surface area (Å²) >= 11 is 0. The second-order valence-corrected chi connectivity index (χ2v) is 3.45. The summed E-state index contributed by atoms with van der Waals surface area (Å²) in [6, 6.07) is 2.23. The molecule has 1 N–H and O–H groups in total. The largest absolute Gasteiger partial charge is 0.310 e. The number of nitrogens with one attached hydrogen (secondary N) is 1. The maximum Gasteiger partial charge on any atom is 0.0906 e. The fourth-order valence-electron chi connectivity index (χ4n) is 1.42. The standard InChI is InChI=1S/C11H17FN2/c1-9-4-7-13-8-11(9)10(2)14-6-3-5-12/h4,7-8,10,14H,3,5-6H2,1-2H3. The fraction of sp³-hybridized carbons (Fsp3) is 0.545. The second kappa shape index (κ2) is 5.70. The zero-order chi connectivity index (χ0) is 10.4. The minimum Gasteiger partial charge on any atom is -0.310 e. The van der Waals surface area contributed by atoms with Gasteiger partial charge in [0.15, 0.2) is 0 Å². The molecule has 0 fully saturated rings. The van der Waals surface area contributed by atoms with Gasteiger partial charge in [0.05, 0.1) is 6.67 Å². The maximum atomic E-state index is 11.9. The second-order valence-electron chi connectivity index (χ2n) is 3.45. The molecule has 1 heterocycles. The molecule has 1 atom stereocenters. The molecule has 0 bridgehead atoms. The number of hydrogen-bond donors (Lipinski definition) is 1. The third-order valence-corrected chi connectivity index (χ3v) is 2.31. The summed E-state index contributed by atoms with van der Waals surface area (Å²) in [6.07, 6.45) is 4.22. The molecule has 0 radical (unpaired) electrons. The van der Waals surface area contributed by atoms with E-state index in [2.05, 4.69) is 24.1 Å². The molecule has 0 aliphatic heterocycles. The summed E-state index contributed by atoms with van der Waals surface area (Å²) in [6.45, 7) is 4.59. The molecule has 1 aromatic heterocycles. The van der Waals surface area contributed by atoms with Gasteiger partial charge in [0.1, 0.15) is 0 Å². The molecule has 0 saturated heterocycles. The predicted molar refractivity (Wildman–Crippen MR) is 56.0 cm³/mol. The third-order valence-electron chi connectivity index (χ3n) is 2.31. The Morgan fingerprint density at radius 2 is 2.36 bits per heavy atom. The topological polar surface area (TPSA) is 24.9 Å². The van der Waals surface area contributed by atoms with E-state index in [1.54, 1.807) is 6.20 Å². The van der Waals surface area contributed by atoms with Crippen LogP contribution in [0.2, 0.25) is 0 Å². The van der Waals surface area contributed by atoms with Crippen molar-refractivity contribution in [3.8, 4) is 0 Å². The summed E-state index contributed by atoms with van der Waals surface area (Å²) in [4.78, 5) is 4.08. The van der Waals surface area contributed by atoms with Gasteiger partial charge in [-0.1, -0.05) is 0 Å². The minimum absolute atomic E-state index is 0.246. The van der Waals surface area contributed by atoms with Gasteiger partial charge >= 0.3 is 0 Å². The molecule has 0 saturated carbocycles. The number of rotatable bonds is 5. The monoisotopic (exact) mass is 196 g/mol. The van der Waals surface area contributed by atoms with Gasteiger partial charge in [0.2, 0.25) is 0 Å². The first-order chi connectivity index (χ1) is 6.75. The Morgan fingerprint density at radius 1 is 1.57 bits per heavy atom. The van der Waals surface area contributed by atoms with Crippen molar-refractivity contribution in [2.75, 3.05) is 13.2 Å². The van der Waals surface area contributed by atoms with Crippen LogP contribution in [0.25, 0.3) is 0 Å². The molecule has 3 heteroatoms. The van der Waals surface area contributed by atoms with E-state index in [0.29, 0.717) is 13.0 Å². The van der Waals surface area contributed by atoms with Gasteiger partial charge in [-0.25, -0.2) is 0 Å². The van der Waals surface area contributed by atoms with Gasteiger partial charge in [-0.2, -0.15) is 0 Å². The van der Waals surface area contributed by atoms with Crippen molar-refractivity contribution in [1.82, 2.24) is 10.3 Å². The molecular formula is C11H17FN2. The van der Waals surface area contributed by atoms with E-state index in [9.17, 15) is 4.39 Å². The molecule has 0 aliphatic rings. The van der Waals surface area contributed by atoms with Crippen LogP contribution in [0.1, 0.15) is 30.5 Å². The summed E-state index contributed by atoms with van der Waals surface area (Å²) in [5.41, 5.74) is 2.41. The maximum absolute atomic E-state index is 11.9. The number of aryl methyl sites for hydroxylation is 1. The number of nitrogens with zero attached hydrogens (tertiary/aromatic N) is 1. The van der Waals surface area contributed by atoms with Crippen LogP contribution in [-0.2, 0) is 0 Å². The highest BCUT2D eigenvalue weighted by molar-refractivity contribution is 5.24. The first-order valence-electron chi connectivity index (χ1n) is 4.95. The number of alkyl halides is 1. The number of halogens is 1. The van der Waals surface area contributed by atoms with Crippen molar-refractivity contribution < 1.29 is 4.39 Å². The Labute approximate surface area is 84.6 Å². The van der Waals surface area contributed by atoms with Gasteiger partial charge in [0, 0.05) is 18.4 Å². The lowest BCUT2D eigenvalue weighted by atomic mass is 10.1. The highest BCUT2D eigenvalue weighted by Gasteiger charge is 2.06. The van der Waals surface area contributed by atoms with E-state index >= 15 is 0 Å². The first kappa shape index (κ1) is 11.1. The summed E-state index contributed by atoms with van der Waals surface area (Å²) in [7, 11) is 0. The predicted octanol–water partition coefficient (Wildman–Crippen LogP) is 2.40. The number of aromatic nitrogens is 1. The molecular weight excluding hydrogens is 179 g/mol. The van der Waals surface area contributed by atoms with E-state index in [-0.39, 0.29) is 12.7 Å².